The van der Waals surface area contributed by atoms with Gasteiger partial charge in [0.1, 0.15) is 0 Å². The van der Waals surface area contributed by atoms with E-state index in [0.29, 0.717) is 18.1 Å². The van der Waals surface area contributed by atoms with Crippen molar-refractivity contribution in [1.29, 1.82) is 0 Å². The van der Waals surface area contributed by atoms with Crippen LogP contribution in [0, 0.1) is 12.8 Å². The Morgan fingerprint density at radius 2 is 2.12 bits per heavy atom. The molecule has 1 atom stereocenters. The van der Waals surface area contributed by atoms with E-state index in [2.05, 4.69) is 33.7 Å². The molecule has 4 rings (SSSR count). The molecular formula is C20H28N4OS. The summed E-state index contributed by atoms with van der Waals surface area (Å²) in [7, 11) is 2.29. The van der Waals surface area contributed by atoms with E-state index >= 15 is 0 Å². The number of rotatable bonds is 6. The van der Waals surface area contributed by atoms with Crippen molar-refractivity contribution in [2.45, 2.75) is 38.5 Å². The van der Waals surface area contributed by atoms with Gasteiger partial charge in [0, 0.05) is 49.1 Å². The smallest absolute Gasteiger partial charge is 0.0798 e. The molecule has 5 nitrogen and oxygen atoms in total. The van der Waals surface area contributed by atoms with Crippen molar-refractivity contribution in [3.05, 3.63) is 46.2 Å². The fourth-order valence-electron chi connectivity index (χ4n) is 4.32. The molecule has 0 saturated carbocycles. The van der Waals surface area contributed by atoms with Gasteiger partial charge in [0.2, 0.25) is 0 Å². The monoisotopic (exact) mass is 372 g/mol. The molecule has 0 aromatic carbocycles. The molecule has 0 N–H and O–H groups in total. The Morgan fingerprint density at radius 1 is 1.31 bits per heavy atom. The molecule has 4 heterocycles. The van der Waals surface area contributed by atoms with E-state index in [9.17, 15) is 0 Å². The van der Waals surface area contributed by atoms with Crippen molar-refractivity contribution in [2.24, 2.45) is 5.92 Å². The van der Waals surface area contributed by atoms with Crippen LogP contribution in [-0.4, -0.2) is 58.6 Å². The van der Waals surface area contributed by atoms with E-state index < -0.39 is 0 Å². The Bertz CT molecular complexity index is 714. The number of thiazole rings is 1. The minimum atomic E-state index is 0.349. The summed E-state index contributed by atoms with van der Waals surface area (Å²) in [4.78, 5) is 15.0. The molecule has 0 unspecified atom stereocenters. The first-order valence-electron chi connectivity index (χ1n) is 9.44. The number of hydrogen-bond acceptors (Lipinski definition) is 6. The number of nitrogens with zero attached hydrogens (tertiary/aromatic N) is 4. The van der Waals surface area contributed by atoms with E-state index in [1.807, 2.05) is 30.0 Å². The zero-order chi connectivity index (χ0) is 18.0. The van der Waals surface area contributed by atoms with Crippen LogP contribution in [-0.2, 0) is 17.9 Å². The largest absolute Gasteiger partial charge is 0.376 e. The third-order valence-corrected chi connectivity index (χ3v) is 6.89. The SMILES string of the molecule is Cc1ncsc1CN1CC2(C[C@@H](COCc3ccncc3)CCN2C)C1. The average Bonchev–Trinajstić information content (AvgIpc) is 3.02. The Labute approximate surface area is 160 Å². The molecule has 140 valence electrons. The Hall–Kier alpha value is -1.34. The van der Waals surface area contributed by atoms with Gasteiger partial charge < -0.3 is 4.74 Å². The molecule has 6 heteroatoms. The summed E-state index contributed by atoms with van der Waals surface area (Å²) >= 11 is 1.78. The zero-order valence-corrected chi connectivity index (χ0v) is 16.5. The van der Waals surface area contributed by atoms with Crippen LogP contribution in [0.1, 0.15) is 29.0 Å². The second kappa shape index (κ2) is 7.72. The third kappa shape index (κ3) is 3.83. The number of ether oxygens (including phenoxy) is 1. The van der Waals surface area contributed by atoms with Gasteiger partial charge in [-0.25, -0.2) is 4.98 Å². The van der Waals surface area contributed by atoms with Gasteiger partial charge in [-0.3, -0.25) is 14.8 Å². The number of likely N-dealkylation sites (N-methyl/N-ethyl adjacent to an activating group) is 1. The molecule has 0 bridgehead atoms. The maximum absolute atomic E-state index is 6.02. The number of pyridine rings is 1. The summed E-state index contributed by atoms with van der Waals surface area (Å²) in [6.07, 6.45) is 6.15. The molecule has 2 saturated heterocycles. The standard InChI is InChI=1S/C20H28N4OS/c1-16-19(26-15-22-16)10-24-13-20(14-24)9-18(5-8-23(20)2)12-25-11-17-3-6-21-7-4-17/h3-4,6-7,15,18H,5,8-14H2,1-2H3/t18-/m0/s1. The van der Waals surface area contributed by atoms with E-state index in [1.165, 1.54) is 48.6 Å². The van der Waals surface area contributed by atoms with Crippen molar-refractivity contribution in [1.82, 2.24) is 19.8 Å². The number of aromatic nitrogens is 2. The van der Waals surface area contributed by atoms with Gasteiger partial charge in [0.25, 0.3) is 0 Å². The highest BCUT2D eigenvalue weighted by Crippen LogP contribution is 2.39. The van der Waals surface area contributed by atoms with E-state index in [0.717, 1.165) is 13.2 Å². The van der Waals surface area contributed by atoms with Crippen molar-refractivity contribution < 1.29 is 4.74 Å². The lowest BCUT2D eigenvalue weighted by Gasteiger charge is -2.58. The molecule has 2 fully saturated rings. The second-order valence-electron chi connectivity index (χ2n) is 7.88. The van der Waals surface area contributed by atoms with Gasteiger partial charge in [-0.15, -0.1) is 11.3 Å². The quantitative estimate of drug-likeness (QED) is 0.780. The third-order valence-electron chi connectivity index (χ3n) is 5.97. The highest BCUT2D eigenvalue weighted by molar-refractivity contribution is 7.09. The summed E-state index contributed by atoms with van der Waals surface area (Å²) in [5.74, 6) is 0.667. The van der Waals surface area contributed by atoms with Gasteiger partial charge in [0.05, 0.1) is 17.8 Å². The lowest BCUT2D eigenvalue weighted by atomic mass is 9.75. The predicted octanol–water partition coefficient (Wildman–Crippen LogP) is 2.96. The Morgan fingerprint density at radius 3 is 2.85 bits per heavy atom. The van der Waals surface area contributed by atoms with Crippen LogP contribution in [0.4, 0.5) is 0 Å². The lowest BCUT2D eigenvalue weighted by Crippen LogP contribution is -2.71. The second-order valence-corrected chi connectivity index (χ2v) is 8.82. The van der Waals surface area contributed by atoms with Crippen LogP contribution in [0.2, 0.25) is 0 Å². The molecule has 0 radical (unpaired) electrons. The van der Waals surface area contributed by atoms with Crippen molar-refractivity contribution in [3.63, 3.8) is 0 Å². The lowest BCUT2D eigenvalue weighted by molar-refractivity contribution is -0.0933. The number of hydrogen-bond donors (Lipinski definition) is 0. The summed E-state index contributed by atoms with van der Waals surface area (Å²) in [6.45, 7) is 8.24. The maximum atomic E-state index is 6.02. The predicted molar refractivity (Wildman–Crippen MR) is 104 cm³/mol. The first-order valence-corrected chi connectivity index (χ1v) is 10.3. The van der Waals surface area contributed by atoms with Crippen molar-refractivity contribution in [3.8, 4) is 0 Å². The normalized spacial score (nSPS) is 23.2. The van der Waals surface area contributed by atoms with Gasteiger partial charge in [-0.2, -0.15) is 0 Å². The van der Waals surface area contributed by atoms with Crippen LogP contribution in [0.25, 0.3) is 0 Å². The molecule has 2 aromatic rings. The van der Waals surface area contributed by atoms with Crippen LogP contribution in [0.3, 0.4) is 0 Å². The average molecular weight is 373 g/mol. The van der Waals surface area contributed by atoms with Crippen LogP contribution in [0.15, 0.2) is 30.0 Å². The fraction of sp³-hybridized carbons (Fsp3) is 0.600. The topological polar surface area (TPSA) is 41.5 Å². The first-order chi connectivity index (χ1) is 12.6. The molecule has 2 aliphatic rings. The highest BCUT2D eigenvalue weighted by atomic mass is 32.1. The highest BCUT2D eigenvalue weighted by Gasteiger charge is 2.49. The summed E-state index contributed by atoms with van der Waals surface area (Å²) in [5, 5.41) is 0. The first kappa shape index (κ1) is 18.0. The van der Waals surface area contributed by atoms with Crippen molar-refractivity contribution in [2.75, 3.05) is 33.3 Å². The van der Waals surface area contributed by atoms with Crippen LogP contribution >= 0.6 is 11.3 Å². The molecule has 26 heavy (non-hydrogen) atoms. The van der Waals surface area contributed by atoms with Crippen LogP contribution < -0.4 is 0 Å². The van der Waals surface area contributed by atoms with Gasteiger partial charge in [-0.1, -0.05) is 0 Å². The van der Waals surface area contributed by atoms with E-state index in [4.69, 9.17) is 4.74 Å². The minimum Gasteiger partial charge on any atom is -0.376 e. The molecular weight excluding hydrogens is 344 g/mol. The fourth-order valence-corrected chi connectivity index (χ4v) is 5.14. The molecule has 1 spiro atoms. The van der Waals surface area contributed by atoms with E-state index in [-0.39, 0.29) is 0 Å². The number of piperidine rings is 1. The number of aryl methyl sites for hydroxylation is 1. The van der Waals surface area contributed by atoms with E-state index in [1.54, 1.807) is 11.3 Å². The van der Waals surface area contributed by atoms with Gasteiger partial charge >= 0.3 is 0 Å². The molecule has 2 aromatic heterocycles. The maximum Gasteiger partial charge on any atom is 0.0798 e. The molecule has 0 amide bonds. The zero-order valence-electron chi connectivity index (χ0n) is 15.7. The van der Waals surface area contributed by atoms with Gasteiger partial charge in [-0.05, 0) is 57.0 Å². The molecule has 0 aliphatic carbocycles. The summed E-state index contributed by atoms with van der Waals surface area (Å²) in [5.41, 5.74) is 4.71. The van der Waals surface area contributed by atoms with Gasteiger partial charge in [0.15, 0.2) is 0 Å². The Balaban J connectivity index is 1.27. The van der Waals surface area contributed by atoms with Crippen molar-refractivity contribution >= 4 is 11.3 Å². The minimum absolute atomic E-state index is 0.349. The van der Waals surface area contributed by atoms with Crippen LogP contribution in [0.5, 0.6) is 0 Å². The summed E-state index contributed by atoms with van der Waals surface area (Å²) in [6, 6.07) is 4.06. The number of likely N-dealkylation sites (tertiary alicyclic amines) is 2. The Kier molecular flexibility index (Phi) is 5.36. The summed E-state index contributed by atoms with van der Waals surface area (Å²) < 4.78 is 6.02. The molecule has 2 aliphatic heterocycles.